The lowest BCUT2D eigenvalue weighted by Gasteiger charge is -2.34. The van der Waals surface area contributed by atoms with Crippen LogP contribution >= 0.6 is 12.2 Å². The van der Waals surface area contributed by atoms with Crippen LogP contribution in [0, 0.1) is 23.3 Å². The van der Waals surface area contributed by atoms with Gasteiger partial charge in [0.05, 0.1) is 13.4 Å². The van der Waals surface area contributed by atoms with Crippen molar-refractivity contribution in [3.8, 4) is 5.75 Å². The zero-order valence-electron chi connectivity index (χ0n) is 18.0. The first-order chi connectivity index (χ1) is 15.9. The van der Waals surface area contributed by atoms with Crippen LogP contribution in [-0.4, -0.2) is 63.3 Å². The first kappa shape index (κ1) is 25.6. The number of anilines is 2. The summed E-state index contributed by atoms with van der Waals surface area (Å²) in [6.45, 7) is 1.71. The second-order valence-corrected chi connectivity index (χ2v) is 9.66. The highest BCUT2D eigenvalue weighted by Gasteiger charge is 2.30. The average molecular weight is 521 g/mol. The molecule has 0 saturated carbocycles. The van der Waals surface area contributed by atoms with Crippen molar-refractivity contribution >= 4 is 44.6 Å². The standard InChI is InChI=1S/C20H20F4N4O4S2/c1-32-18-16(23)14(21)13(15(22)17(18)24)19(29)26-20(33)25-11-3-5-12(6-4-11)27-7-9-28(10-8-27)34(2,30)31/h3-6H,7-10H2,1-2H3,(H2,25,26,29,33). The van der Waals surface area contributed by atoms with E-state index in [0.29, 0.717) is 31.9 Å². The molecule has 1 aliphatic heterocycles. The smallest absolute Gasteiger partial charge is 0.263 e. The number of hydrogen-bond donors (Lipinski definition) is 2. The molecule has 0 unspecified atom stereocenters. The van der Waals surface area contributed by atoms with E-state index in [1.54, 1.807) is 24.3 Å². The number of amides is 1. The molecule has 184 valence electrons. The normalized spacial score (nSPS) is 14.6. The second kappa shape index (κ2) is 10.1. The van der Waals surface area contributed by atoms with Crippen molar-refractivity contribution in [2.45, 2.75) is 0 Å². The average Bonchev–Trinajstić information content (AvgIpc) is 2.78. The summed E-state index contributed by atoms with van der Waals surface area (Å²) in [5, 5.41) is 4.23. The van der Waals surface area contributed by atoms with E-state index in [0.717, 1.165) is 19.1 Å². The van der Waals surface area contributed by atoms with E-state index in [1.165, 1.54) is 4.31 Å². The van der Waals surface area contributed by atoms with E-state index in [1.807, 2.05) is 10.2 Å². The molecule has 34 heavy (non-hydrogen) atoms. The maximum absolute atomic E-state index is 14.1. The summed E-state index contributed by atoms with van der Waals surface area (Å²) >= 11 is 4.95. The highest BCUT2D eigenvalue weighted by atomic mass is 32.2. The van der Waals surface area contributed by atoms with Crippen LogP contribution in [0.4, 0.5) is 28.9 Å². The van der Waals surface area contributed by atoms with Gasteiger partial charge in [-0.25, -0.2) is 17.2 Å². The number of piperazine rings is 1. The quantitative estimate of drug-likeness (QED) is 0.356. The van der Waals surface area contributed by atoms with E-state index in [2.05, 4.69) is 10.1 Å². The number of methoxy groups -OCH3 is 1. The largest absolute Gasteiger partial charge is 0.491 e. The molecular weight excluding hydrogens is 500 g/mol. The number of nitrogens with one attached hydrogen (secondary N) is 2. The molecule has 1 aliphatic rings. The molecule has 0 spiro atoms. The lowest BCUT2D eigenvalue weighted by Crippen LogP contribution is -2.48. The van der Waals surface area contributed by atoms with E-state index in [4.69, 9.17) is 12.2 Å². The number of carbonyl (C=O) groups excluding carboxylic acids is 1. The Morgan fingerprint density at radius 2 is 1.50 bits per heavy atom. The van der Waals surface area contributed by atoms with Gasteiger partial charge in [0.25, 0.3) is 5.91 Å². The van der Waals surface area contributed by atoms with E-state index < -0.39 is 50.5 Å². The molecule has 1 heterocycles. The molecule has 14 heteroatoms. The van der Waals surface area contributed by atoms with Gasteiger partial charge < -0.3 is 15.0 Å². The Balaban J connectivity index is 1.64. The van der Waals surface area contributed by atoms with Crippen molar-refractivity contribution in [1.29, 1.82) is 0 Å². The third-order valence-corrected chi connectivity index (χ3v) is 6.59. The number of rotatable bonds is 5. The monoisotopic (exact) mass is 520 g/mol. The molecule has 2 aromatic carbocycles. The number of thiocarbonyl (C=S) groups is 1. The lowest BCUT2D eigenvalue weighted by atomic mass is 10.1. The molecule has 8 nitrogen and oxygen atoms in total. The summed E-state index contributed by atoms with van der Waals surface area (Å²) in [5.74, 6) is -10.3. The molecule has 1 amide bonds. The van der Waals surface area contributed by atoms with Crippen LogP contribution in [0.15, 0.2) is 24.3 Å². The summed E-state index contributed by atoms with van der Waals surface area (Å²) in [7, 11) is -2.42. The van der Waals surface area contributed by atoms with Crippen molar-refractivity contribution in [3.05, 3.63) is 53.1 Å². The van der Waals surface area contributed by atoms with Crippen LogP contribution in [0.25, 0.3) is 0 Å². The van der Waals surface area contributed by atoms with Gasteiger partial charge in [0, 0.05) is 37.6 Å². The minimum absolute atomic E-state index is 0.356. The molecule has 0 bridgehead atoms. The fourth-order valence-corrected chi connectivity index (χ4v) is 4.39. The van der Waals surface area contributed by atoms with Crippen LogP contribution in [0.3, 0.4) is 0 Å². The number of nitrogens with zero attached hydrogens (tertiary/aromatic N) is 2. The molecular formula is C20H20F4N4O4S2. The second-order valence-electron chi connectivity index (χ2n) is 7.27. The third-order valence-electron chi connectivity index (χ3n) is 5.08. The first-order valence-corrected chi connectivity index (χ1v) is 12.0. The number of ether oxygens (including phenoxy) is 1. The van der Waals surface area contributed by atoms with Crippen molar-refractivity contribution in [3.63, 3.8) is 0 Å². The minimum atomic E-state index is -3.24. The van der Waals surface area contributed by atoms with Crippen LogP contribution in [0.5, 0.6) is 5.75 Å². The molecule has 1 saturated heterocycles. The highest BCUT2D eigenvalue weighted by Crippen LogP contribution is 2.29. The maximum atomic E-state index is 14.1. The predicted octanol–water partition coefficient (Wildman–Crippen LogP) is 2.46. The van der Waals surface area contributed by atoms with E-state index in [9.17, 15) is 30.8 Å². The van der Waals surface area contributed by atoms with Gasteiger partial charge >= 0.3 is 0 Å². The Morgan fingerprint density at radius 3 is 1.97 bits per heavy atom. The van der Waals surface area contributed by atoms with Crippen molar-refractivity contribution < 1.29 is 35.5 Å². The van der Waals surface area contributed by atoms with Crippen molar-refractivity contribution in [2.75, 3.05) is 49.8 Å². The third kappa shape index (κ3) is 5.39. The van der Waals surface area contributed by atoms with Crippen LogP contribution < -0.4 is 20.3 Å². The van der Waals surface area contributed by atoms with Gasteiger partial charge in [0.2, 0.25) is 21.7 Å². The SMILES string of the molecule is COc1c(F)c(F)c(C(=O)NC(=S)Nc2ccc(N3CCN(S(C)(=O)=O)CC3)cc2)c(F)c1F. The molecule has 0 radical (unpaired) electrons. The predicted molar refractivity (Wildman–Crippen MR) is 122 cm³/mol. The summed E-state index contributed by atoms with van der Waals surface area (Å²) in [4.78, 5) is 14.2. The number of sulfonamides is 1. The van der Waals surface area contributed by atoms with Gasteiger partial charge in [-0.1, -0.05) is 0 Å². The van der Waals surface area contributed by atoms with Crippen molar-refractivity contribution in [1.82, 2.24) is 9.62 Å². The van der Waals surface area contributed by atoms with Gasteiger partial charge in [0.15, 0.2) is 22.5 Å². The van der Waals surface area contributed by atoms with E-state index >= 15 is 0 Å². The molecule has 2 aromatic rings. The Bertz CT molecular complexity index is 1190. The molecule has 0 atom stereocenters. The van der Waals surface area contributed by atoms with Gasteiger partial charge in [-0.3, -0.25) is 10.1 Å². The van der Waals surface area contributed by atoms with Gasteiger partial charge in [-0.15, -0.1) is 0 Å². The molecule has 0 aliphatic carbocycles. The molecule has 2 N–H and O–H groups in total. The fraction of sp³-hybridized carbons (Fsp3) is 0.300. The Kier molecular flexibility index (Phi) is 7.63. The first-order valence-electron chi connectivity index (χ1n) is 9.76. The Morgan fingerprint density at radius 1 is 0.971 bits per heavy atom. The minimum Gasteiger partial charge on any atom is -0.491 e. The summed E-state index contributed by atoms with van der Waals surface area (Å²) in [6.07, 6.45) is 1.16. The summed E-state index contributed by atoms with van der Waals surface area (Å²) < 4.78 is 84.8. The maximum Gasteiger partial charge on any atom is 0.263 e. The van der Waals surface area contributed by atoms with Crippen LogP contribution in [-0.2, 0) is 10.0 Å². The molecule has 3 rings (SSSR count). The lowest BCUT2D eigenvalue weighted by molar-refractivity contribution is 0.0966. The zero-order valence-corrected chi connectivity index (χ0v) is 19.6. The number of hydrogen-bond acceptors (Lipinski definition) is 6. The number of halogens is 4. The molecule has 0 aromatic heterocycles. The van der Waals surface area contributed by atoms with Crippen molar-refractivity contribution in [2.24, 2.45) is 0 Å². The van der Waals surface area contributed by atoms with Crippen LogP contribution in [0.1, 0.15) is 10.4 Å². The zero-order chi connectivity index (χ0) is 25.2. The Hall–Kier alpha value is -2.97. The van der Waals surface area contributed by atoms with Gasteiger partial charge in [0.1, 0.15) is 5.56 Å². The highest BCUT2D eigenvalue weighted by molar-refractivity contribution is 7.88. The van der Waals surface area contributed by atoms with E-state index in [-0.39, 0.29) is 5.11 Å². The summed E-state index contributed by atoms with van der Waals surface area (Å²) in [5.41, 5.74) is -0.248. The number of benzene rings is 2. The van der Waals surface area contributed by atoms with Gasteiger partial charge in [-0.05, 0) is 36.5 Å². The van der Waals surface area contributed by atoms with Gasteiger partial charge in [-0.2, -0.15) is 13.1 Å². The topological polar surface area (TPSA) is 91.0 Å². The summed E-state index contributed by atoms with van der Waals surface area (Å²) in [6, 6.07) is 6.70. The molecule has 1 fully saturated rings. The van der Waals surface area contributed by atoms with Crippen LogP contribution in [0.2, 0.25) is 0 Å². The number of carbonyl (C=O) groups is 1. The Labute approximate surface area is 198 Å². The fourth-order valence-electron chi connectivity index (χ4n) is 3.35.